The molecule has 34 heavy (non-hydrogen) atoms. The molecule has 0 amide bonds. The number of carbonyl (C=O) groups is 1. The average molecular weight is 538 g/mol. The molecule has 182 valence electrons. The summed E-state index contributed by atoms with van der Waals surface area (Å²) in [7, 11) is -2.17. The van der Waals surface area contributed by atoms with Crippen LogP contribution in [0.1, 0.15) is 0 Å². The predicted octanol–water partition coefficient (Wildman–Crippen LogP) is 4.81. The molecule has 0 aliphatic heterocycles. The van der Waals surface area contributed by atoms with Crippen LogP contribution >= 0.6 is 23.2 Å². The zero-order valence-corrected chi connectivity index (χ0v) is 19.4. The molecule has 0 fully saturated rings. The van der Waals surface area contributed by atoms with Gasteiger partial charge < -0.3 is 15.7 Å². The number of alkyl halides is 3. The van der Waals surface area contributed by atoms with Crippen LogP contribution in [0.2, 0.25) is 10.0 Å². The molecule has 0 saturated heterocycles. The van der Waals surface area contributed by atoms with Crippen LogP contribution < -0.4 is 15.4 Å². The Bertz CT molecular complexity index is 1260. The van der Waals surface area contributed by atoms with E-state index in [1.54, 1.807) is 36.4 Å². The second kappa shape index (κ2) is 11.3. The Balaban J connectivity index is 0.000000509. The van der Waals surface area contributed by atoms with Crippen LogP contribution in [0.4, 0.5) is 36.2 Å². The van der Waals surface area contributed by atoms with Gasteiger partial charge in [-0.15, -0.1) is 0 Å². The van der Waals surface area contributed by atoms with Crippen LogP contribution in [0.25, 0.3) is 0 Å². The fourth-order valence-electron chi connectivity index (χ4n) is 2.27. The van der Waals surface area contributed by atoms with Crippen molar-refractivity contribution in [3.8, 4) is 0 Å². The van der Waals surface area contributed by atoms with Crippen molar-refractivity contribution in [2.45, 2.75) is 11.1 Å². The second-order valence-electron chi connectivity index (χ2n) is 6.23. The van der Waals surface area contributed by atoms with Gasteiger partial charge in [-0.3, -0.25) is 0 Å². The minimum absolute atomic E-state index is 0.149. The molecular formula is C19H16Cl2F3N5O4S. The highest BCUT2D eigenvalue weighted by Crippen LogP contribution is 2.26. The first kappa shape index (κ1) is 27.1. The molecule has 0 aliphatic rings. The first-order chi connectivity index (χ1) is 15.8. The molecule has 0 atom stereocenters. The summed E-state index contributed by atoms with van der Waals surface area (Å²) in [5.74, 6) is -1.75. The molecule has 0 unspecified atom stereocenters. The van der Waals surface area contributed by atoms with E-state index < -0.39 is 22.2 Å². The molecule has 9 nitrogen and oxygen atoms in total. The third kappa shape index (κ3) is 8.33. The van der Waals surface area contributed by atoms with Crippen molar-refractivity contribution in [3.63, 3.8) is 0 Å². The summed E-state index contributed by atoms with van der Waals surface area (Å²) in [4.78, 5) is 17.3. The van der Waals surface area contributed by atoms with E-state index in [1.807, 2.05) is 0 Å². The number of carboxylic acids is 1. The van der Waals surface area contributed by atoms with Crippen LogP contribution in [-0.4, -0.2) is 42.7 Å². The maximum absolute atomic E-state index is 11.9. The van der Waals surface area contributed by atoms with Crippen molar-refractivity contribution < 1.29 is 31.5 Å². The van der Waals surface area contributed by atoms with Crippen LogP contribution in [0, 0.1) is 0 Å². The molecule has 0 radical (unpaired) electrons. The zero-order chi connectivity index (χ0) is 25.5. The largest absolute Gasteiger partial charge is 0.490 e. The lowest BCUT2D eigenvalue weighted by molar-refractivity contribution is -0.192. The third-order valence-electron chi connectivity index (χ3n) is 3.73. The number of hydrogen-bond acceptors (Lipinski definition) is 7. The van der Waals surface area contributed by atoms with Gasteiger partial charge in [-0.25, -0.2) is 27.9 Å². The van der Waals surface area contributed by atoms with E-state index in [9.17, 15) is 21.6 Å². The fraction of sp³-hybridized carbons (Fsp3) is 0.105. The highest BCUT2D eigenvalue weighted by atomic mass is 35.5. The monoisotopic (exact) mass is 537 g/mol. The number of aromatic nitrogens is 2. The smallest absolute Gasteiger partial charge is 0.475 e. The van der Waals surface area contributed by atoms with Gasteiger partial charge in [-0.1, -0.05) is 29.3 Å². The van der Waals surface area contributed by atoms with E-state index >= 15 is 0 Å². The number of sulfonamides is 1. The summed E-state index contributed by atoms with van der Waals surface area (Å²) < 4.78 is 57.9. The third-order valence-corrected chi connectivity index (χ3v) is 5.58. The molecule has 3 rings (SSSR count). The second-order valence-corrected chi connectivity index (χ2v) is 8.99. The molecule has 4 N–H and O–H groups in total. The molecular weight excluding hydrogens is 522 g/mol. The summed E-state index contributed by atoms with van der Waals surface area (Å²) in [5.41, 5.74) is 1.25. The number of aliphatic carboxylic acids is 1. The average Bonchev–Trinajstić information content (AvgIpc) is 2.73. The summed E-state index contributed by atoms with van der Waals surface area (Å²) >= 11 is 12.0. The fourth-order valence-corrected chi connectivity index (χ4v) is 3.58. The first-order valence-corrected chi connectivity index (χ1v) is 11.2. The first-order valence-electron chi connectivity index (χ1n) is 8.96. The number of nitrogens with zero attached hydrogens (tertiary/aromatic N) is 2. The SMILES string of the molecule is CNS(=O)(=O)c1cccc(Nc2cc(Nc3cc(Cl)cc(Cl)c3)ncn2)c1.O=C(O)C(F)(F)F. The Kier molecular flexibility index (Phi) is 9.04. The van der Waals surface area contributed by atoms with Crippen molar-refractivity contribution >= 4 is 62.2 Å². The summed E-state index contributed by atoms with van der Waals surface area (Å²) in [6.07, 6.45) is -3.70. The van der Waals surface area contributed by atoms with Gasteiger partial charge in [0.1, 0.15) is 18.0 Å². The number of carboxylic acid groups (broad SMARTS) is 1. The molecule has 3 aromatic rings. The van der Waals surface area contributed by atoms with Gasteiger partial charge in [0.2, 0.25) is 10.0 Å². The zero-order valence-electron chi connectivity index (χ0n) is 17.1. The summed E-state index contributed by atoms with van der Waals surface area (Å²) in [5, 5.41) is 14.3. The molecule has 0 aliphatic carbocycles. The number of benzene rings is 2. The molecule has 1 heterocycles. The van der Waals surface area contributed by atoms with Gasteiger partial charge in [0, 0.05) is 27.5 Å². The Morgan fingerprint density at radius 1 is 0.941 bits per heavy atom. The number of nitrogens with one attached hydrogen (secondary N) is 3. The number of halogens is 5. The molecule has 0 saturated carbocycles. The lowest BCUT2D eigenvalue weighted by atomic mass is 10.3. The number of anilines is 4. The van der Waals surface area contributed by atoms with Gasteiger partial charge in [0.25, 0.3) is 0 Å². The topological polar surface area (TPSA) is 133 Å². The van der Waals surface area contributed by atoms with Crippen molar-refractivity contribution in [3.05, 3.63) is 64.9 Å². The highest BCUT2D eigenvalue weighted by molar-refractivity contribution is 7.89. The van der Waals surface area contributed by atoms with E-state index in [0.29, 0.717) is 33.1 Å². The Morgan fingerprint density at radius 3 is 1.97 bits per heavy atom. The van der Waals surface area contributed by atoms with Crippen molar-refractivity contribution in [2.75, 3.05) is 17.7 Å². The van der Waals surface area contributed by atoms with Crippen LogP contribution in [0.3, 0.4) is 0 Å². The van der Waals surface area contributed by atoms with E-state index in [2.05, 4.69) is 25.3 Å². The van der Waals surface area contributed by atoms with E-state index in [-0.39, 0.29) is 4.90 Å². The quantitative estimate of drug-likeness (QED) is 0.352. The van der Waals surface area contributed by atoms with Gasteiger partial charge in [0.15, 0.2) is 0 Å². The van der Waals surface area contributed by atoms with Gasteiger partial charge in [0.05, 0.1) is 4.90 Å². The van der Waals surface area contributed by atoms with Crippen molar-refractivity contribution in [1.82, 2.24) is 14.7 Å². The minimum atomic E-state index is -5.08. The Hall–Kier alpha value is -3.13. The minimum Gasteiger partial charge on any atom is -0.475 e. The van der Waals surface area contributed by atoms with E-state index in [0.717, 1.165) is 0 Å². The summed E-state index contributed by atoms with van der Waals surface area (Å²) in [6.45, 7) is 0. The van der Waals surface area contributed by atoms with Crippen LogP contribution in [-0.2, 0) is 14.8 Å². The Labute approximate surface area is 202 Å². The van der Waals surface area contributed by atoms with Crippen molar-refractivity contribution in [1.29, 1.82) is 0 Å². The lowest BCUT2D eigenvalue weighted by Gasteiger charge is -2.10. The number of hydrogen-bond donors (Lipinski definition) is 4. The predicted molar refractivity (Wildman–Crippen MR) is 121 cm³/mol. The lowest BCUT2D eigenvalue weighted by Crippen LogP contribution is -2.21. The molecule has 1 aromatic heterocycles. The maximum Gasteiger partial charge on any atom is 0.490 e. The summed E-state index contributed by atoms with van der Waals surface area (Å²) in [6, 6.07) is 13.1. The van der Waals surface area contributed by atoms with Gasteiger partial charge >= 0.3 is 12.1 Å². The normalized spacial score (nSPS) is 11.2. The van der Waals surface area contributed by atoms with Crippen molar-refractivity contribution in [2.24, 2.45) is 0 Å². The molecule has 0 spiro atoms. The molecule has 15 heteroatoms. The van der Waals surface area contributed by atoms with Gasteiger partial charge in [-0.2, -0.15) is 13.2 Å². The molecule has 0 bridgehead atoms. The molecule has 2 aromatic carbocycles. The number of rotatable bonds is 6. The van der Waals surface area contributed by atoms with Crippen LogP contribution in [0.15, 0.2) is 59.8 Å². The van der Waals surface area contributed by atoms with E-state index in [1.165, 1.54) is 25.5 Å². The van der Waals surface area contributed by atoms with E-state index in [4.69, 9.17) is 33.1 Å². The Morgan fingerprint density at radius 2 is 1.47 bits per heavy atom. The maximum atomic E-state index is 11.9. The van der Waals surface area contributed by atoms with Crippen LogP contribution in [0.5, 0.6) is 0 Å². The highest BCUT2D eigenvalue weighted by Gasteiger charge is 2.38. The standard InChI is InChI=1S/C17H15Cl2N5O2S.C2HF3O2/c1-20-27(25,26)15-4-2-3-13(8-15)23-16-9-17(22-10-21-16)24-14-6-11(18)5-12(19)7-14;3-2(4,5)1(6)7/h2-10,20H,1H3,(H2,21,22,23,24);(H,6,7). The van der Waals surface area contributed by atoms with Gasteiger partial charge in [-0.05, 0) is 43.4 Å².